The first-order valence-corrected chi connectivity index (χ1v) is 10.9. The van der Waals surface area contributed by atoms with Crippen LogP contribution < -0.4 is 10.6 Å². The molecule has 0 saturated carbocycles. The topological polar surface area (TPSA) is 70.6 Å². The van der Waals surface area contributed by atoms with Gasteiger partial charge in [0.1, 0.15) is 9.84 Å². The van der Waals surface area contributed by atoms with E-state index in [2.05, 4.69) is 15.6 Å². The molecule has 0 aliphatic rings. The summed E-state index contributed by atoms with van der Waals surface area (Å²) < 4.78 is 22.5. The molecule has 0 aliphatic heterocycles. The smallest absolute Gasteiger partial charge is 0.191 e. The Kier molecular flexibility index (Phi) is 8.03. The van der Waals surface area contributed by atoms with Gasteiger partial charge in [-0.25, -0.2) is 8.42 Å². The molecule has 0 saturated heterocycles. The van der Waals surface area contributed by atoms with Gasteiger partial charge in [-0.3, -0.25) is 4.99 Å². The van der Waals surface area contributed by atoms with Crippen molar-refractivity contribution < 1.29 is 8.42 Å². The van der Waals surface area contributed by atoms with Crippen molar-refractivity contribution in [2.24, 2.45) is 4.99 Å². The molecule has 1 aromatic carbocycles. The van der Waals surface area contributed by atoms with Crippen molar-refractivity contribution in [3.63, 3.8) is 0 Å². The van der Waals surface area contributed by atoms with Gasteiger partial charge >= 0.3 is 0 Å². The molecular weight excluding hydrogens is 381 g/mol. The summed E-state index contributed by atoms with van der Waals surface area (Å²) >= 11 is 12.6. The Morgan fingerprint density at radius 1 is 1.28 bits per heavy atom. The van der Waals surface area contributed by atoms with Crippen molar-refractivity contribution in [3.05, 3.63) is 33.8 Å². The molecule has 8 heteroatoms. The van der Waals surface area contributed by atoms with Crippen LogP contribution in [0.25, 0.3) is 0 Å². The third-order valence-corrected chi connectivity index (χ3v) is 5.47. The van der Waals surface area contributed by atoms with Gasteiger partial charge in [0.15, 0.2) is 5.96 Å². The molecule has 1 unspecified atom stereocenters. The molecule has 0 bridgehead atoms. The fraction of sp³-hybridized carbons (Fsp3) is 0.588. The van der Waals surface area contributed by atoms with Crippen LogP contribution in [0.3, 0.4) is 0 Å². The van der Waals surface area contributed by atoms with E-state index in [1.54, 1.807) is 7.05 Å². The average Bonchev–Trinajstić information content (AvgIpc) is 2.48. The van der Waals surface area contributed by atoms with Crippen molar-refractivity contribution in [1.82, 2.24) is 10.6 Å². The number of benzene rings is 1. The van der Waals surface area contributed by atoms with Crippen molar-refractivity contribution in [2.45, 2.75) is 38.6 Å². The van der Waals surface area contributed by atoms with Crippen LogP contribution in [-0.4, -0.2) is 46.0 Å². The second kappa shape index (κ2) is 9.10. The summed E-state index contributed by atoms with van der Waals surface area (Å²) in [6, 6.07) is 5.45. The molecule has 0 amide bonds. The van der Waals surface area contributed by atoms with Crippen LogP contribution in [0.4, 0.5) is 0 Å². The van der Waals surface area contributed by atoms with Crippen LogP contribution in [0, 0.1) is 0 Å². The van der Waals surface area contributed by atoms with Gasteiger partial charge in [-0.2, -0.15) is 0 Å². The SMILES string of the molecule is CN=C(NCC(C)(C)c1c(Cl)cccc1Cl)NC(C)CCS(C)(=O)=O. The van der Waals surface area contributed by atoms with Gasteiger partial charge in [0.2, 0.25) is 0 Å². The first-order valence-electron chi connectivity index (χ1n) is 8.05. The Morgan fingerprint density at radius 2 is 1.84 bits per heavy atom. The molecule has 1 aromatic rings. The molecule has 1 atom stereocenters. The third-order valence-electron chi connectivity index (χ3n) is 3.87. The predicted molar refractivity (Wildman–Crippen MR) is 108 cm³/mol. The maximum atomic E-state index is 11.3. The Labute approximate surface area is 161 Å². The lowest BCUT2D eigenvalue weighted by atomic mass is 9.84. The Balaban J connectivity index is 2.70. The highest BCUT2D eigenvalue weighted by atomic mass is 35.5. The van der Waals surface area contributed by atoms with E-state index >= 15 is 0 Å². The molecule has 0 spiro atoms. The highest BCUT2D eigenvalue weighted by Crippen LogP contribution is 2.35. The molecular formula is C17H27Cl2N3O2S. The summed E-state index contributed by atoms with van der Waals surface area (Å²) in [5.74, 6) is 0.746. The fourth-order valence-corrected chi connectivity index (χ4v) is 4.12. The normalized spacial score (nSPS) is 14.3. The monoisotopic (exact) mass is 407 g/mol. The zero-order valence-corrected chi connectivity index (χ0v) is 17.7. The summed E-state index contributed by atoms with van der Waals surface area (Å²) in [6.45, 7) is 6.59. The van der Waals surface area contributed by atoms with Gasteiger partial charge in [-0.05, 0) is 31.0 Å². The average molecular weight is 408 g/mol. The number of rotatable bonds is 7. The lowest BCUT2D eigenvalue weighted by Gasteiger charge is -2.29. The zero-order chi connectivity index (χ0) is 19.3. The molecule has 5 nitrogen and oxygen atoms in total. The fourth-order valence-electron chi connectivity index (χ4n) is 2.43. The second-order valence-corrected chi connectivity index (χ2v) is 9.94. The maximum absolute atomic E-state index is 11.3. The van der Waals surface area contributed by atoms with E-state index in [0.29, 0.717) is 29.0 Å². The Bertz CT molecular complexity index is 698. The van der Waals surface area contributed by atoms with Gasteiger partial charge < -0.3 is 10.6 Å². The minimum atomic E-state index is -2.97. The first kappa shape index (κ1) is 22.1. The van der Waals surface area contributed by atoms with Crippen molar-refractivity contribution in [2.75, 3.05) is 25.6 Å². The summed E-state index contributed by atoms with van der Waals surface area (Å²) in [5.41, 5.74) is 0.565. The van der Waals surface area contributed by atoms with Crippen LogP contribution in [-0.2, 0) is 15.3 Å². The lowest BCUT2D eigenvalue weighted by molar-refractivity contribution is 0.504. The van der Waals surface area contributed by atoms with E-state index in [-0.39, 0.29) is 17.2 Å². The minimum Gasteiger partial charge on any atom is -0.356 e. The third kappa shape index (κ3) is 7.42. The van der Waals surface area contributed by atoms with E-state index in [0.717, 1.165) is 5.56 Å². The number of sulfone groups is 1. The molecule has 0 radical (unpaired) electrons. The molecule has 0 aliphatic carbocycles. The lowest BCUT2D eigenvalue weighted by Crippen LogP contribution is -2.46. The number of nitrogens with one attached hydrogen (secondary N) is 2. The zero-order valence-electron chi connectivity index (χ0n) is 15.4. The predicted octanol–water partition coefficient (Wildman–Crippen LogP) is 3.26. The Hall–Kier alpha value is -0.980. The largest absolute Gasteiger partial charge is 0.356 e. The molecule has 0 aromatic heterocycles. The molecule has 0 fully saturated rings. The van der Waals surface area contributed by atoms with Crippen molar-refractivity contribution in [3.8, 4) is 0 Å². The minimum absolute atomic E-state index is 0.0204. The van der Waals surface area contributed by atoms with Gasteiger partial charge in [-0.1, -0.05) is 43.1 Å². The maximum Gasteiger partial charge on any atom is 0.191 e. The number of halogens is 2. The van der Waals surface area contributed by atoms with E-state index in [9.17, 15) is 8.42 Å². The summed E-state index contributed by atoms with van der Waals surface area (Å²) in [5, 5.41) is 7.72. The number of nitrogens with zero attached hydrogens (tertiary/aromatic N) is 1. The van der Waals surface area contributed by atoms with Crippen LogP contribution in [0.15, 0.2) is 23.2 Å². The van der Waals surface area contributed by atoms with Gasteiger partial charge in [-0.15, -0.1) is 0 Å². The molecule has 1 rings (SSSR count). The first-order chi connectivity index (χ1) is 11.5. The number of hydrogen-bond donors (Lipinski definition) is 2. The van der Waals surface area contributed by atoms with E-state index in [4.69, 9.17) is 23.2 Å². The summed E-state index contributed by atoms with van der Waals surface area (Å²) in [6.07, 6.45) is 1.75. The van der Waals surface area contributed by atoms with Gasteiger partial charge in [0.05, 0.1) is 5.75 Å². The van der Waals surface area contributed by atoms with E-state index in [1.807, 2.05) is 39.0 Å². The molecule has 25 heavy (non-hydrogen) atoms. The standard InChI is InChI=1S/C17H27Cl2N3O2S/c1-12(9-10-25(5,23)24)22-16(20-4)21-11-17(2,3)15-13(18)7-6-8-14(15)19/h6-8,12H,9-11H2,1-5H3,(H2,20,21,22). The van der Waals surface area contributed by atoms with Crippen LogP contribution in [0.2, 0.25) is 10.0 Å². The van der Waals surface area contributed by atoms with Crippen LogP contribution >= 0.6 is 23.2 Å². The number of hydrogen-bond acceptors (Lipinski definition) is 3. The van der Waals surface area contributed by atoms with Gasteiger partial charge in [0.25, 0.3) is 0 Å². The van der Waals surface area contributed by atoms with Crippen molar-refractivity contribution in [1.29, 1.82) is 0 Å². The quantitative estimate of drug-likeness (QED) is 0.537. The second-order valence-electron chi connectivity index (χ2n) is 6.87. The Morgan fingerprint density at radius 3 is 2.32 bits per heavy atom. The van der Waals surface area contributed by atoms with E-state index < -0.39 is 9.84 Å². The highest BCUT2D eigenvalue weighted by Gasteiger charge is 2.26. The molecule has 0 heterocycles. The van der Waals surface area contributed by atoms with E-state index in [1.165, 1.54) is 6.26 Å². The van der Waals surface area contributed by atoms with Gasteiger partial charge in [0, 0.05) is 41.4 Å². The summed E-state index contributed by atoms with van der Waals surface area (Å²) in [7, 11) is -1.30. The van der Waals surface area contributed by atoms with Crippen LogP contribution in [0.1, 0.15) is 32.8 Å². The number of aliphatic imine (C=N–C) groups is 1. The highest BCUT2D eigenvalue weighted by molar-refractivity contribution is 7.90. The summed E-state index contributed by atoms with van der Waals surface area (Å²) in [4.78, 5) is 4.19. The number of guanidine groups is 1. The van der Waals surface area contributed by atoms with Crippen molar-refractivity contribution >= 4 is 39.0 Å². The molecule has 142 valence electrons. The van der Waals surface area contributed by atoms with Crippen LogP contribution in [0.5, 0.6) is 0 Å². The molecule has 2 N–H and O–H groups in total.